The highest BCUT2D eigenvalue weighted by molar-refractivity contribution is 7.89. The van der Waals surface area contributed by atoms with E-state index >= 15 is 0 Å². The molecule has 9 heteroatoms. The van der Waals surface area contributed by atoms with Gasteiger partial charge >= 0.3 is 7.12 Å². The Kier molecular flexibility index (Phi) is 6.08. The predicted octanol–water partition coefficient (Wildman–Crippen LogP) is 1.70. The molecule has 1 aliphatic rings. The average Bonchev–Trinajstić information content (AvgIpc) is 2.70. The lowest BCUT2D eigenvalue weighted by Crippen LogP contribution is -2.45. The van der Waals surface area contributed by atoms with Crippen molar-refractivity contribution in [1.29, 1.82) is 0 Å². The van der Waals surface area contributed by atoms with Crippen LogP contribution in [-0.4, -0.2) is 38.2 Å². The first-order valence-corrected chi connectivity index (χ1v) is 10.8. The summed E-state index contributed by atoms with van der Waals surface area (Å²) < 4.78 is 41.1. The van der Waals surface area contributed by atoms with Crippen LogP contribution in [0.4, 0.5) is 0 Å². The number of benzene rings is 1. The van der Waals surface area contributed by atoms with Crippen molar-refractivity contribution in [3.63, 3.8) is 0 Å². The summed E-state index contributed by atoms with van der Waals surface area (Å²) in [4.78, 5) is 11.3. The Bertz CT molecular complexity index is 844. The first-order valence-electron chi connectivity index (χ1n) is 9.31. The SMILES string of the molecule is CC(=O)NCc1ccc(B2OC(C)(C)C(C)(C)O2)c(S(=O)(=O)NC(C)(C)C)c1. The summed E-state index contributed by atoms with van der Waals surface area (Å²) in [6, 6.07) is 5.02. The highest BCUT2D eigenvalue weighted by atomic mass is 32.2. The molecule has 1 fully saturated rings. The number of hydrogen-bond acceptors (Lipinski definition) is 5. The number of rotatable bonds is 5. The number of hydrogen-bond donors (Lipinski definition) is 2. The minimum atomic E-state index is -3.84. The second kappa shape index (κ2) is 7.44. The Morgan fingerprint density at radius 2 is 1.64 bits per heavy atom. The van der Waals surface area contributed by atoms with E-state index in [2.05, 4.69) is 10.0 Å². The summed E-state index contributed by atoms with van der Waals surface area (Å²) >= 11 is 0. The molecular weight excluding hydrogens is 379 g/mol. The van der Waals surface area contributed by atoms with Crippen molar-refractivity contribution in [1.82, 2.24) is 10.0 Å². The third-order valence-electron chi connectivity index (χ3n) is 4.86. The zero-order valence-corrected chi connectivity index (χ0v) is 18.8. The number of sulfonamides is 1. The Labute approximate surface area is 168 Å². The van der Waals surface area contributed by atoms with Crippen LogP contribution in [0.15, 0.2) is 23.1 Å². The molecule has 1 aliphatic heterocycles. The van der Waals surface area contributed by atoms with Crippen molar-refractivity contribution in [2.45, 2.75) is 83.6 Å². The molecule has 2 rings (SSSR count). The topological polar surface area (TPSA) is 93.7 Å². The van der Waals surface area contributed by atoms with E-state index in [0.29, 0.717) is 11.0 Å². The van der Waals surface area contributed by atoms with E-state index in [1.54, 1.807) is 39.0 Å². The van der Waals surface area contributed by atoms with Crippen LogP contribution in [0.3, 0.4) is 0 Å². The van der Waals surface area contributed by atoms with Crippen LogP contribution in [0, 0.1) is 0 Å². The molecule has 0 saturated carbocycles. The molecule has 0 aromatic heterocycles. The van der Waals surface area contributed by atoms with Gasteiger partial charge in [-0.15, -0.1) is 0 Å². The van der Waals surface area contributed by atoms with E-state index < -0.39 is 33.9 Å². The summed E-state index contributed by atoms with van der Waals surface area (Å²) in [6.45, 7) is 14.6. The highest BCUT2D eigenvalue weighted by Crippen LogP contribution is 2.37. The minimum Gasteiger partial charge on any atom is -0.399 e. The maximum Gasteiger partial charge on any atom is 0.496 e. The van der Waals surface area contributed by atoms with Crippen molar-refractivity contribution >= 4 is 28.5 Å². The Hall–Kier alpha value is -1.42. The van der Waals surface area contributed by atoms with E-state index in [9.17, 15) is 13.2 Å². The lowest BCUT2D eigenvalue weighted by molar-refractivity contribution is -0.119. The maximum absolute atomic E-state index is 13.1. The largest absolute Gasteiger partial charge is 0.496 e. The van der Waals surface area contributed by atoms with Gasteiger partial charge in [0.1, 0.15) is 0 Å². The van der Waals surface area contributed by atoms with Crippen LogP contribution >= 0.6 is 0 Å². The fraction of sp³-hybridized carbons (Fsp3) is 0.632. The van der Waals surface area contributed by atoms with E-state index in [-0.39, 0.29) is 17.3 Å². The van der Waals surface area contributed by atoms with Gasteiger partial charge < -0.3 is 14.6 Å². The standard InChI is InChI=1S/C19H31BN2O5S/c1-13(23)21-12-14-9-10-15(20-26-18(5,6)19(7,8)27-20)16(11-14)28(24,25)22-17(2,3)4/h9-11,22H,12H2,1-8H3,(H,21,23). The molecule has 28 heavy (non-hydrogen) atoms. The molecular formula is C19H31BN2O5S. The van der Waals surface area contributed by atoms with Gasteiger partial charge in [0, 0.05) is 24.5 Å². The molecule has 156 valence electrons. The van der Waals surface area contributed by atoms with Gasteiger partial charge in [0.25, 0.3) is 0 Å². The van der Waals surface area contributed by atoms with Gasteiger partial charge in [0.15, 0.2) is 0 Å². The highest BCUT2D eigenvalue weighted by Gasteiger charge is 2.52. The molecule has 0 spiro atoms. The fourth-order valence-electron chi connectivity index (χ4n) is 2.77. The molecule has 0 aliphatic carbocycles. The molecule has 0 atom stereocenters. The van der Waals surface area contributed by atoms with Gasteiger partial charge in [-0.25, -0.2) is 13.1 Å². The van der Waals surface area contributed by atoms with Gasteiger partial charge in [-0.1, -0.05) is 12.1 Å². The zero-order chi connectivity index (χ0) is 21.5. The summed E-state index contributed by atoms with van der Waals surface area (Å²) in [5, 5.41) is 2.69. The second-order valence-corrected chi connectivity index (χ2v) is 10.9. The lowest BCUT2D eigenvalue weighted by atomic mass is 9.78. The van der Waals surface area contributed by atoms with Crippen molar-refractivity contribution in [3.05, 3.63) is 23.8 Å². The number of nitrogens with one attached hydrogen (secondary N) is 2. The van der Waals surface area contributed by atoms with Gasteiger partial charge in [-0.3, -0.25) is 4.79 Å². The normalized spacial score (nSPS) is 18.9. The molecule has 1 heterocycles. The summed E-state index contributed by atoms with van der Waals surface area (Å²) in [5.41, 5.74) is -0.734. The average molecular weight is 410 g/mol. The third kappa shape index (κ3) is 5.14. The van der Waals surface area contributed by atoms with Crippen molar-refractivity contribution in [2.75, 3.05) is 0 Å². The fourth-order valence-corrected chi connectivity index (χ4v) is 4.47. The maximum atomic E-state index is 13.1. The van der Waals surface area contributed by atoms with Crippen molar-refractivity contribution in [3.8, 4) is 0 Å². The number of carbonyl (C=O) groups excluding carboxylic acids is 1. The molecule has 1 saturated heterocycles. The molecule has 1 aromatic carbocycles. The smallest absolute Gasteiger partial charge is 0.399 e. The predicted molar refractivity (Wildman–Crippen MR) is 110 cm³/mol. The van der Waals surface area contributed by atoms with Crippen LogP contribution < -0.4 is 15.5 Å². The van der Waals surface area contributed by atoms with Crippen LogP contribution in [0.5, 0.6) is 0 Å². The van der Waals surface area contributed by atoms with E-state index in [4.69, 9.17) is 9.31 Å². The van der Waals surface area contributed by atoms with Gasteiger partial charge in [0.2, 0.25) is 15.9 Å². The molecule has 1 aromatic rings. The quantitative estimate of drug-likeness (QED) is 0.721. The lowest BCUT2D eigenvalue weighted by Gasteiger charge is -2.32. The Balaban J connectivity index is 2.52. The molecule has 2 N–H and O–H groups in total. The second-order valence-electron chi connectivity index (χ2n) is 9.23. The molecule has 7 nitrogen and oxygen atoms in total. The van der Waals surface area contributed by atoms with Gasteiger partial charge in [-0.05, 0) is 60.1 Å². The van der Waals surface area contributed by atoms with E-state index in [1.165, 1.54) is 6.92 Å². The summed E-state index contributed by atoms with van der Waals surface area (Å²) in [7, 11) is -4.66. The zero-order valence-electron chi connectivity index (χ0n) is 18.0. The monoisotopic (exact) mass is 410 g/mol. The van der Waals surface area contributed by atoms with Crippen LogP contribution in [0.2, 0.25) is 0 Å². The van der Waals surface area contributed by atoms with Crippen molar-refractivity contribution in [2.24, 2.45) is 0 Å². The molecule has 1 amide bonds. The van der Waals surface area contributed by atoms with E-state index in [0.717, 1.165) is 0 Å². The van der Waals surface area contributed by atoms with Crippen LogP contribution in [-0.2, 0) is 30.7 Å². The first kappa shape index (κ1) is 22.9. The first-order chi connectivity index (χ1) is 12.5. The van der Waals surface area contributed by atoms with E-state index in [1.807, 2.05) is 27.7 Å². The Morgan fingerprint density at radius 1 is 1.11 bits per heavy atom. The molecule has 0 radical (unpaired) electrons. The molecule has 0 bridgehead atoms. The van der Waals surface area contributed by atoms with Gasteiger partial charge in [0.05, 0.1) is 16.1 Å². The number of carbonyl (C=O) groups is 1. The summed E-state index contributed by atoms with van der Waals surface area (Å²) in [5.74, 6) is -0.188. The number of amides is 1. The Morgan fingerprint density at radius 3 is 2.11 bits per heavy atom. The third-order valence-corrected chi connectivity index (χ3v) is 6.67. The molecule has 0 unspecified atom stereocenters. The minimum absolute atomic E-state index is 0.0868. The van der Waals surface area contributed by atoms with Crippen LogP contribution in [0.1, 0.15) is 61.0 Å². The van der Waals surface area contributed by atoms with Gasteiger partial charge in [-0.2, -0.15) is 0 Å². The summed E-state index contributed by atoms with van der Waals surface area (Å²) in [6.07, 6.45) is 0. The van der Waals surface area contributed by atoms with Crippen molar-refractivity contribution < 1.29 is 22.5 Å². The van der Waals surface area contributed by atoms with Crippen LogP contribution in [0.25, 0.3) is 0 Å².